The second kappa shape index (κ2) is 6.57. The Morgan fingerprint density at radius 1 is 0.968 bits per heavy atom. The van der Waals surface area contributed by atoms with Gasteiger partial charge in [-0.2, -0.15) is 0 Å². The van der Waals surface area contributed by atoms with Gasteiger partial charge in [-0.15, -0.1) is 0 Å². The first-order valence-electron chi connectivity index (χ1n) is 10.3. The van der Waals surface area contributed by atoms with Crippen molar-refractivity contribution >= 4 is 11.6 Å². The molecule has 2 aliphatic rings. The van der Waals surface area contributed by atoms with Gasteiger partial charge < -0.3 is 14.1 Å². The minimum absolute atomic E-state index is 0.0216. The first-order chi connectivity index (χ1) is 15.2. The highest BCUT2D eigenvalue weighted by molar-refractivity contribution is 6.11. The highest BCUT2D eigenvalue weighted by Gasteiger charge is 2.56. The number of nitrogens with zero attached hydrogens (tertiary/aromatic N) is 2. The molecule has 5 nitrogen and oxygen atoms in total. The Morgan fingerprint density at radius 3 is 2.61 bits per heavy atom. The third kappa shape index (κ3) is 2.56. The minimum Gasteiger partial charge on any atom is -0.491 e. The Hall–Kier alpha value is -3.86. The fourth-order valence-corrected chi connectivity index (χ4v) is 4.78. The number of hydrogen-bond donors (Lipinski definition) is 0. The molecular weight excluding hydrogens is 388 g/mol. The van der Waals surface area contributed by atoms with Crippen LogP contribution in [0.3, 0.4) is 0 Å². The van der Waals surface area contributed by atoms with Crippen LogP contribution in [0.4, 0.5) is 5.69 Å². The Balaban J connectivity index is 1.50. The molecule has 0 aliphatic carbocycles. The number of pyridine rings is 1. The van der Waals surface area contributed by atoms with E-state index in [1.165, 1.54) is 0 Å². The van der Waals surface area contributed by atoms with Crippen LogP contribution in [0.25, 0.3) is 11.1 Å². The van der Waals surface area contributed by atoms with E-state index < -0.39 is 5.41 Å². The maximum Gasteiger partial charge on any atom is 0.246 e. The van der Waals surface area contributed by atoms with Crippen LogP contribution in [0.5, 0.6) is 5.75 Å². The topological polar surface area (TPSA) is 55.6 Å². The maximum absolute atomic E-state index is 14.0. The fourth-order valence-electron chi connectivity index (χ4n) is 4.78. The molecule has 0 saturated carbocycles. The van der Waals surface area contributed by atoms with E-state index in [1.54, 1.807) is 12.4 Å². The quantitative estimate of drug-likeness (QED) is 0.485. The molecule has 2 aromatic carbocycles. The number of carbonyl (C=O) groups is 1. The van der Waals surface area contributed by atoms with Crippen molar-refractivity contribution in [2.24, 2.45) is 0 Å². The maximum atomic E-state index is 14.0. The average Bonchev–Trinajstić information content (AvgIpc) is 3.47. The van der Waals surface area contributed by atoms with Gasteiger partial charge in [-0.3, -0.25) is 9.78 Å². The van der Waals surface area contributed by atoms with Crippen molar-refractivity contribution in [1.82, 2.24) is 4.98 Å². The van der Waals surface area contributed by atoms with Gasteiger partial charge in [0, 0.05) is 23.6 Å². The van der Waals surface area contributed by atoms with Crippen LogP contribution in [0.15, 0.2) is 83.5 Å². The Kier molecular flexibility index (Phi) is 3.81. The molecule has 1 spiro atoms. The van der Waals surface area contributed by atoms with E-state index in [0.717, 1.165) is 45.2 Å². The number of ether oxygens (including phenoxy) is 1. The number of benzene rings is 2. The van der Waals surface area contributed by atoms with E-state index in [2.05, 4.69) is 11.1 Å². The zero-order valence-corrected chi connectivity index (χ0v) is 17.0. The van der Waals surface area contributed by atoms with Crippen LogP contribution in [-0.4, -0.2) is 17.5 Å². The average molecular weight is 408 g/mol. The predicted molar refractivity (Wildman–Crippen MR) is 117 cm³/mol. The summed E-state index contributed by atoms with van der Waals surface area (Å²) in [7, 11) is 0. The number of aryl methyl sites for hydroxylation is 1. The first-order valence-corrected chi connectivity index (χ1v) is 10.3. The SMILES string of the molecule is Cc1ccc(CN2C(=O)C3(COc4ccc(-c5ccncc5)cc43)c3ccccc32)o1. The standard InChI is InChI=1S/C26H20N2O3/c1-17-6-8-20(31-17)15-28-23-5-3-2-4-21(23)26(25(28)29)16-30-24-9-7-19(14-22(24)26)18-10-12-27-13-11-18/h2-14H,15-16H2,1H3. The van der Waals surface area contributed by atoms with Crippen LogP contribution >= 0.6 is 0 Å². The zero-order valence-electron chi connectivity index (χ0n) is 17.0. The van der Waals surface area contributed by atoms with Crippen LogP contribution in [0, 0.1) is 6.92 Å². The van der Waals surface area contributed by atoms with E-state index in [1.807, 2.05) is 72.5 Å². The van der Waals surface area contributed by atoms with Crippen molar-refractivity contribution in [3.05, 3.63) is 102 Å². The summed E-state index contributed by atoms with van der Waals surface area (Å²) in [6, 6.07) is 21.9. The van der Waals surface area contributed by atoms with Gasteiger partial charge in [0.2, 0.25) is 5.91 Å². The van der Waals surface area contributed by atoms with Crippen molar-refractivity contribution in [2.75, 3.05) is 11.5 Å². The van der Waals surface area contributed by atoms with Crippen LogP contribution in [0.1, 0.15) is 22.6 Å². The van der Waals surface area contributed by atoms with Gasteiger partial charge in [0.05, 0.1) is 6.54 Å². The number of aromatic nitrogens is 1. The molecule has 31 heavy (non-hydrogen) atoms. The molecule has 1 unspecified atom stereocenters. The summed E-state index contributed by atoms with van der Waals surface area (Å²) in [5.41, 5.74) is 4.05. The van der Waals surface area contributed by atoms with Crippen molar-refractivity contribution in [3.63, 3.8) is 0 Å². The van der Waals surface area contributed by atoms with E-state index in [4.69, 9.17) is 9.15 Å². The highest BCUT2D eigenvalue weighted by atomic mass is 16.5. The molecule has 0 radical (unpaired) electrons. The predicted octanol–water partition coefficient (Wildman–Crippen LogP) is 4.88. The summed E-state index contributed by atoms with van der Waals surface area (Å²) in [6.45, 7) is 2.60. The van der Waals surface area contributed by atoms with Crippen molar-refractivity contribution in [3.8, 4) is 16.9 Å². The van der Waals surface area contributed by atoms with Gasteiger partial charge in [-0.1, -0.05) is 24.3 Å². The molecule has 0 fully saturated rings. The molecule has 2 aromatic heterocycles. The molecule has 4 heterocycles. The molecule has 2 aliphatic heterocycles. The number of anilines is 1. The number of carbonyl (C=O) groups excluding carboxylic acids is 1. The highest BCUT2D eigenvalue weighted by Crippen LogP contribution is 2.53. The zero-order chi connectivity index (χ0) is 21.0. The van der Waals surface area contributed by atoms with Gasteiger partial charge in [-0.05, 0) is 66.1 Å². The van der Waals surface area contributed by atoms with Gasteiger partial charge in [-0.25, -0.2) is 0 Å². The number of para-hydroxylation sites is 1. The fraction of sp³-hybridized carbons (Fsp3) is 0.154. The largest absolute Gasteiger partial charge is 0.491 e. The lowest BCUT2D eigenvalue weighted by Gasteiger charge is -2.23. The third-order valence-electron chi connectivity index (χ3n) is 6.27. The normalized spacial score (nSPS) is 18.9. The van der Waals surface area contributed by atoms with Gasteiger partial charge in [0.25, 0.3) is 0 Å². The summed E-state index contributed by atoms with van der Waals surface area (Å²) in [5.74, 6) is 2.38. The number of hydrogen-bond acceptors (Lipinski definition) is 4. The van der Waals surface area contributed by atoms with E-state index in [9.17, 15) is 4.79 Å². The smallest absolute Gasteiger partial charge is 0.246 e. The molecule has 152 valence electrons. The second-order valence-corrected chi connectivity index (χ2v) is 8.06. The number of fused-ring (bicyclic) bond motifs is 4. The van der Waals surface area contributed by atoms with E-state index in [0.29, 0.717) is 13.2 Å². The van der Waals surface area contributed by atoms with Crippen molar-refractivity contribution in [1.29, 1.82) is 0 Å². The molecule has 0 bridgehead atoms. The molecule has 1 atom stereocenters. The van der Waals surface area contributed by atoms with Crippen LogP contribution in [-0.2, 0) is 16.8 Å². The molecule has 6 rings (SSSR count). The van der Waals surface area contributed by atoms with Crippen LogP contribution < -0.4 is 9.64 Å². The molecule has 0 saturated heterocycles. The summed E-state index contributed by atoms with van der Waals surface area (Å²) in [6.07, 6.45) is 3.55. The molecule has 5 heteroatoms. The van der Waals surface area contributed by atoms with Crippen molar-refractivity contribution < 1.29 is 13.9 Å². The number of furan rings is 1. The Morgan fingerprint density at radius 2 is 1.81 bits per heavy atom. The van der Waals surface area contributed by atoms with Crippen LogP contribution in [0.2, 0.25) is 0 Å². The summed E-state index contributed by atoms with van der Waals surface area (Å²) >= 11 is 0. The van der Waals surface area contributed by atoms with E-state index >= 15 is 0 Å². The summed E-state index contributed by atoms with van der Waals surface area (Å²) in [5, 5.41) is 0. The first kappa shape index (κ1) is 18.0. The molecule has 1 amide bonds. The molecule has 0 N–H and O–H groups in total. The number of amides is 1. The molecule has 4 aromatic rings. The van der Waals surface area contributed by atoms with E-state index in [-0.39, 0.29) is 5.91 Å². The minimum atomic E-state index is -0.851. The molecular formula is C26H20N2O3. The van der Waals surface area contributed by atoms with Crippen molar-refractivity contribution in [2.45, 2.75) is 18.9 Å². The monoisotopic (exact) mass is 408 g/mol. The lowest BCUT2D eigenvalue weighted by Crippen LogP contribution is -2.42. The number of rotatable bonds is 3. The Bertz CT molecular complexity index is 1310. The lowest BCUT2D eigenvalue weighted by molar-refractivity contribution is -0.122. The van der Waals surface area contributed by atoms with Gasteiger partial charge in [0.15, 0.2) is 0 Å². The van der Waals surface area contributed by atoms with Gasteiger partial charge in [0.1, 0.15) is 29.3 Å². The second-order valence-electron chi connectivity index (χ2n) is 8.06. The third-order valence-corrected chi connectivity index (χ3v) is 6.27. The summed E-state index contributed by atoms with van der Waals surface area (Å²) in [4.78, 5) is 19.9. The summed E-state index contributed by atoms with van der Waals surface area (Å²) < 4.78 is 11.8. The van der Waals surface area contributed by atoms with Gasteiger partial charge >= 0.3 is 0 Å². The Labute approximate surface area is 179 Å². The lowest BCUT2D eigenvalue weighted by atomic mass is 9.76.